The van der Waals surface area contributed by atoms with Crippen molar-refractivity contribution in [3.8, 4) is 0 Å². The van der Waals surface area contributed by atoms with Gasteiger partial charge in [-0.15, -0.1) is 11.8 Å². The second-order valence-electron chi connectivity index (χ2n) is 4.07. The van der Waals surface area contributed by atoms with E-state index in [2.05, 4.69) is 4.98 Å². The lowest BCUT2D eigenvalue weighted by atomic mass is 10.0. The van der Waals surface area contributed by atoms with Crippen LogP contribution in [0, 0.1) is 0 Å². The number of fused-ring (bicyclic) bond motifs is 1. The number of pyridine rings is 1. The first-order valence-corrected chi connectivity index (χ1v) is 6.70. The van der Waals surface area contributed by atoms with Gasteiger partial charge in [0.1, 0.15) is 0 Å². The van der Waals surface area contributed by atoms with Gasteiger partial charge < -0.3 is 0 Å². The monoisotopic (exact) mass is 253 g/mol. The molecule has 0 bridgehead atoms. The van der Waals surface area contributed by atoms with Crippen molar-refractivity contribution in [3.05, 3.63) is 65.5 Å². The molecule has 88 valence electrons. The van der Waals surface area contributed by atoms with E-state index in [0.29, 0.717) is 0 Å². The van der Waals surface area contributed by atoms with Crippen molar-refractivity contribution in [3.63, 3.8) is 0 Å². The van der Waals surface area contributed by atoms with E-state index in [9.17, 15) is 4.79 Å². The zero-order valence-corrected chi connectivity index (χ0v) is 10.5. The lowest BCUT2D eigenvalue weighted by Crippen LogP contribution is -2.12. The predicted molar refractivity (Wildman–Crippen MR) is 73.7 cm³/mol. The molecule has 0 atom stereocenters. The maximum Gasteiger partial charge on any atom is 0.191 e. The molecule has 0 amide bonds. The van der Waals surface area contributed by atoms with E-state index in [-0.39, 0.29) is 5.78 Å². The van der Waals surface area contributed by atoms with Gasteiger partial charge in [-0.05, 0) is 29.8 Å². The van der Waals surface area contributed by atoms with Crippen molar-refractivity contribution < 1.29 is 4.79 Å². The quantitative estimate of drug-likeness (QED) is 0.729. The van der Waals surface area contributed by atoms with Crippen molar-refractivity contribution in [1.29, 1.82) is 0 Å². The third-order valence-corrected chi connectivity index (χ3v) is 3.95. The minimum absolute atomic E-state index is 0.133. The zero-order valence-electron chi connectivity index (χ0n) is 9.67. The topological polar surface area (TPSA) is 30.0 Å². The standard InChI is InChI=1S/C15H11NOS/c17-15-12(8-11-4-3-7-16-9-11)10-18-14-6-2-1-5-13(14)15/h1-9H,10H2/b12-8+. The fourth-order valence-electron chi connectivity index (χ4n) is 1.94. The molecule has 0 N–H and O–H groups in total. The second kappa shape index (κ2) is 4.78. The summed E-state index contributed by atoms with van der Waals surface area (Å²) in [5, 5.41) is 0. The van der Waals surface area contributed by atoms with Crippen molar-refractivity contribution in [1.82, 2.24) is 4.98 Å². The smallest absolute Gasteiger partial charge is 0.191 e. The molecule has 1 aliphatic heterocycles. The molecule has 0 unspecified atom stereocenters. The van der Waals surface area contributed by atoms with E-state index in [4.69, 9.17) is 0 Å². The number of benzene rings is 1. The highest BCUT2D eigenvalue weighted by Gasteiger charge is 2.21. The SMILES string of the molecule is O=C1/C(=C/c2cccnc2)CSc2ccccc21. The highest BCUT2D eigenvalue weighted by molar-refractivity contribution is 7.99. The van der Waals surface area contributed by atoms with E-state index < -0.39 is 0 Å². The molecule has 3 rings (SSSR count). The average molecular weight is 253 g/mol. The summed E-state index contributed by atoms with van der Waals surface area (Å²) in [5.74, 6) is 0.860. The Morgan fingerprint density at radius 2 is 2.06 bits per heavy atom. The maximum absolute atomic E-state index is 12.3. The van der Waals surface area contributed by atoms with Crippen LogP contribution in [0.15, 0.2) is 59.3 Å². The number of rotatable bonds is 1. The Bertz CT molecular complexity index is 619. The fraction of sp³-hybridized carbons (Fsp3) is 0.0667. The first kappa shape index (κ1) is 11.2. The van der Waals surface area contributed by atoms with E-state index >= 15 is 0 Å². The summed E-state index contributed by atoms with van der Waals surface area (Å²) >= 11 is 1.71. The minimum Gasteiger partial charge on any atom is -0.289 e. The Morgan fingerprint density at radius 1 is 1.17 bits per heavy atom. The summed E-state index contributed by atoms with van der Waals surface area (Å²) in [4.78, 5) is 17.5. The molecule has 18 heavy (non-hydrogen) atoms. The van der Waals surface area contributed by atoms with Gasteiger partial charge in [-0.25, -0.2) is 0 Å². The van der Waals surface area contributed by atoms with Crippen molar-refractivity contribution in [2.24, 2.45) is 0 Å². The summed E-state index contributed by atoms with van der Waals surface area (Å²) in [6.07, 6.45) is 5.43. The van der Waals surface area contributed by atoms with Crippen LogP contribution in [0.5, 0.6) is 0 Å². The summed E-state index contributed by atoms with van der Waals surface area (Å²) in [7, 11) is 0. The Hall–Kier alpha value is -1.87. The highest BCUT2D eigenvalue weighted by Crippen LogP contribution is 2.32. The Morgan fingerprint density at radius 3 is 2.89 bits per heavy atom. The normalized spacial score (nSPS) is 16.7. The number of nitrogens with zero attached hydrogens (tertiary/aromatic N) is 1. The van der Waals surface area contributed by atoms with E-state index in [1.165, 1.54) is 0 Å². The summed E-state index contributed by atoms with van der Waals surface area (Å²) in [6, 6.07) is 11.6. The second-order valence-corrected chi connectivity index (χ2v) is 5.09. The molecule has 2 nitrogen and oxygen atoms in total. The maximum atomic E-state index is 12.3. The van der Waals surface area contributed by atoms with Crippen LogP contribution in [-0.4, -0.2) is 16.5 Å². The molecule has 0 saturated heterocycles. The molecule has 0 radical (unpaired) electrons. The van der Waals surface area contributed by atoms with Crippen LogP contribution in [0.3, 0.4) is 0 Å². The first-order valence-electron chi connectivity index (χ1n) is 5.72. The van der Waals surface area contributed by atoms with Crippen LogP contribution in [-0.2, 0) is 0 Å². The van der Waals surface area contributed by atoms with Crippen LogP contribution in [0.1, 0.15) is 15.9 Å². The van der Waals surface area contributed by atoms with Gasteiger partial charge in [0.2, 0.25) is 0 Å². The molecule has 0 aliphatic carbocycles. The highest BCUT2D eigenvalue weighted by atomic mass is 32.2. The van der Waals surface area contributed by atoms with Gasteiger partial charge in [0.15, 0.2) is 5.78 Å². The Labute approximate surface area is 110 Å². The minimum atomic E-state index is 0.133. The van der Waals surface area contributed by atoms with Crippen LogP contribution in [0.4, 0.5) is 0 Å². The van der Waals surface area contributed by atoms with E-state index in [1.54, 1.807) is 24.2 Å². The number of ketones is 1. The van der Waals surface area contributed by atoms with Gasteiger partial charge in [0.25, 0.3) is 0 Å². The molecule has 1 aliphatic rings. The number of hydrogen-bond donors (Lipinski definition) is 0. The van der Waals surface area contributed by atoms with Gasteiger partial charge >= 0.3 is 0 Å². The molecule has 1 aromatic heterocycles. The number of Topliss-reactive ketones (excluding diaryl/α,β-unsaturated/α-hetero) is 1. The fourth-order valence-corrected chi connectivity index (χ4v) is 2.96. The third-order valence-electron chi connectivity index (χ3n) is 2.83. The molecular formula is C15H11NOS. The van der Waals surface area contributed by atoms with Crippen LogP contribution >= 0.6 is 11.8 Å². The Balaban J connectivity index is 1.98. The van der Waals surface area contributed by atoms with Gasteiger partial charge in [0, 0.05) is 34.2 Å². The molecule has 2 heterocycles. The van der Waals surface area contributed by atoms with Gasteiger partial charge in [0.05, 0.1) is 0 Å². The lowest BCUT2D eigenvalue weighted by molar-refractivity contribution is 0.103. The van der Waals surface area contributed by atoms with Crippen LogP contribution in [0.2, 0.25) is 0 Å². The van der Waals surface area contributed by atoms with Gasteiger partial charge in [-0.2, -0.15) is 0 Å². The summed E-state index contributed by atoms with van der Waals surface area (Å²) in [5.41, 5.74) is 2.62. The van der Waals surface area contributed by atoms with E-state index in [1.807, 2.05) is 42.5 Å². The number of carbonyl (C=O) groups is 1. The van der Waals surface area contributed by atoms with Gasteiger partial charge in [-0.3, -0.25) is 9.78 Å². The summed E-state index contributed by atoms with van der Waals surface area (Å²) in [6.45, 7) is 0. The van der Waals surface area contributed by atoms with Crippen LogP contribution in [0.25, 0.3) is 6.08 Å². The van der Waals surface area contributed by atoms with Gasteiger partial charge in [-0.1, -0.05) is 18.2 Å². The molecule has 0 saturated carbocycles. The number of hydrogen-bond acceptors (Lipinski definition) is 3. The van der Waals surface area contributed by atoms with Crippen LogP contribution < -0.4 is 0 Å². The molecule has 0 fully saturated rings. The Kier molecular flexibility index (Phi) is 2.99. The van der Waals surface area contributed by atoms with Crippen molar-refractivity contribution in [2.75, 3.05) is 5.75 Å². The summed E-state index contributed by atoms with van der Waals surface area (Å²) < 4.78 is 0. The average Bonchev–Trinajstić information content (AvgIpc) is 2.43. The predicted octanol–water partition coefficient (Wildman–Crippen LogP) is 3.45. The molecule has 2 aromatic rings. The molecule has 3 heteroatoms. The third kappa shape index (κ3) is 2.09. The largest absolute Gasteiger partial charge is 0.289 e. The number of aromatic nitrogens is 1. The van der Waals surface area contributed by atoms with E-state index in [0.717, 1.165) is 27.3 Å². The van der Waals surface area contributed by atoms with Crippen molar-refractivity contribution >= 4 is 23.6 Å². The molecular weight excluding hydrogens is 242 g/mol. The lowest BCUT2D eigenvalue weighted by Gasteiger charge is -2.16. The molecule has 0 spiro atoms. The number of thioether (sulfide) groups is 1. The van der Waals surface area contributed by atoms with Crippen molar-refractivity contribution in [2.45, 2.75) is 4.90 Å². The molecule has 1 aromatic carbocycles. The number of carbonyl (C=O) groups excluding carboxylic acids is 1. The zero-order chi connectivity index (χ0) is 12.4. The first-order chi connectivity index (χ1) is 8.84.